The van der Waals surface area contributed by atoms with Gasteiger partial charge >= 0.3 is 6.18 Å². The normalized spacial score (nSPS) is 16.2. The maximum atomic E-state index is 12.6. The second-order valence-electron chi connectivity index (χ2n) is 6.40. The third-order valence-corrected chi connectivity index (χ3v) is 5.61. The first-order chi connectivity index (χ1) is 12.4. The lowest BCUT2D eigenvalue weighted by Crippen LogP contribution is -2.48. The van der Waals surface area contributed by atoms with E-state index in [-0.39, 0.29) is 35.9 Å². The summed E-state index contributed by atoms with van der Waals surface area (Å²) in [6.07, 6.45) is -0.978. The van der Waals surface area contributed by atoms with Crippen molar-refractivity contribution in [2.75, 3.05) is 13.6 Å². The summed E-state index contributed by atoms with van der Waals surface area (Å²) >= 11 is 0.989. The number of hydrogen-bond donors (Lipinski definition) is 2. The van der Waals surface area contributed by atoms with Gasteiger partial charge in [-0.25, -0.2) is 4.98 Å². The average molecular weight is 510 g/mol. The van der Waals surface area contributed by atoms with E-state index in [9.17, 15) is 13.2 Å². The van der Waals surface area contributed by atoms with Crippen molar-refractivity contribution in [3.05, 3.63) is 52.0 Å². The van der Waals surface area contributed by atoms with Gasteiger partial charge in [0.2, 0.25) is 0 Å². The Morgan fingerprint density at radius 3 is 2.44 bits per heavy atom. The molecule has 1 aromatic heterocycles. The van der Waals surface area contributed by atoms with E-state index in [0.29, 0.717) is 11.0 Å². The Kier molecular flexibility index (Phi) is 7.49. The summed E-state index contributed by atoms with van der Waals surface area (Å²) < 4.78 is 37.8. The summed E-state index contributed by atoms with van der Waals surface area (Å²) in [4.78, 5) is 7.78. The van der Waals surface area contributed by atoms with Gasteiger partial charge in [-0.3, -0.25) is 4.99 Å². The van der Waals surface area contributed by atoms with Gasteiger partial charge in [-0.05, 0) is 18.4 Å². The van der Waals surface area contributed by atoms with Crippen molar-refractivity contribution in [1.29, 1.82) is 0 Å². The lowest BCUT2D eigenvalue weighted by molar-refractivity contribution is -0.140. The molecule has 2 N–H and O–H groups in total. The molecule has 0 saturated heterocycles. The predicted molar refractivity (Wildman–Crippen MR) is 113 cm³/mol. The van der Waals surface area contributed by atoms with Crippen LogP contribution < -0.4 is 10.6 Å². The molecule has 1 fully saturated rings. The molecule has 1 aromatic carbocycles. The van der Waals surface area contributed by atoms with Gasteiger partial charge in [0, 0.05) is 24.4 Å². The molecule has 0 atom stereocenters. The van der Waals surface area contributed by atoms with E-state index in [1.54, 1.807) is 7.05 Å². The second kappa shape index (κ2) is 9.22. The fourth-order valence-corrected chi connectivity index (χ4v) is 3.86. The molecule has 2 aromatic rings. The SMILES string of the molecule is CN=C(NCc1nc(C(F)(F)F)cs1)NCC1(c2ccccc2)CCC1.I. The number of halogens is 4. The van der Waals surface area contributed by atoms with Gasteiger partial charge < -0.3 is 10.6 Å². The minimum atomic E-state index is -4.40. The van der Waals surface area contributed by atoms with E-state index in [0.717, 1.165) is 36.1 Å². The number of alkyl halides is 3. The average Bonchev–Trinajstić information content (AvgIpc) is 3.07. The highest BCUT2D eigenvalue weighted by Crippen LogP contribution is 2.43. The van der Waals surface area contributed by atoms with Crippen molar-refractivity contribution in [3.63, 3.8) is 0 Å². The minimum absolute atomic E-state index is 0. The van der Waals surface area contributed by atoms with Crippen LogP contribution in [0.1, 0.15) is 35.5 Å². The van der Waals surface area contributed by atoms with E-state index in [2.05, 4.69) is 32.7 Å². The molecule has 9 heteroatoms. The van der Waals surface area contributed by atoms with Gasteiger partial charge in [-0.15, -0.1) is 35.3 Å². The Morgan fingerprint density at radius 1 is 1.22 bits per heavy atom. The van der Waals surface area contributed by atoms with Crippen LogP contribution in [-0.2, 0) is 18.1 Å². The molecule has 4 nitrogen and oxygen atoms in total. The zero-order valence-corrected chi connectivity index (χ0v) is 18.0. The van der Waals surface area contributed by atoms with Gasteiger partial charge in [0.05, 0.1) is 6.54 Å². The number of benzene rings is 1. The standard InChI is InChI=1S/C18H21F3N4S.HI/c1-22-16(23-10-15-25-14(11-26-15)18(19,20)21)24-12-17(8-5-9-17)13-6-3-2-4-7-13;/h2-4,6-7,11H,5,8-10,12H2,1H3,(H2,22,23,24);1H. The van der Waals surface area contributed by atoms with Crippen LogP contribution in [0, 0.1) is 0 Å². The second-order valence-corrected chi connectivity index (χ2v) is 7.35. The van der Waals surface area contributed by atoms with Crippen LogP contribution >= 0.6 is 35.3 Å². The lowest BCUT2D eigenvalue weighted by Gasteiger charge is -2.43. The summed E-state index contributed by atoms with van der Waals surface area (Å²) in [7, 11) is 1.65. The molecule has 1 aliphatic rings. The number of nitrogens with one attached hydrogen (secondary N) is 2. The van der Waals surface area contributed by atoms with E-state index >= 15 is 0 Å². The molecule has 0 aliphatic heterocycles. The summed E-state index contributed by atoms with van der Waals surface area (Å²) in [5.41, 5.74) is 0.562. The van der Waals surface area contributed by atoms with Crippen molar-refractivity contribution >= 4 is 41.3 Å². The predicted octanol–water partition coefficient (Wildman–Crippen LogP) is 4.57. The molecule has 3 rings (SSSR count). The summed E-state index contributed by atoms with van der Waals surface area (Å²) in [5, 5.41) is 7.76. The third-order valence-electron chi connectivity index (χ3n) is 4.76. The monoisotopic (exact) mass is 510 g/mol. The largest absolute Gasteiger partial charge is 0.434 e. The van der Waals surface area contributed by atoms with Crippen LogP contribution in [0.15, 0.2) is 40.7 Å². The van der Waals surface area contributed by atoms with E-state index < -0.39 is 11.9 Å². The quantitative estimate of drug-likeness (QED) is 0.352. The highest BCUT2D eigenvalue weighted by molar-refractivity contribution is 14.0. The topological polar surface area (TPSA) is 49.3 Å². The zero-order valence-electron chi connectivity index (χ0n) is 14.8. The molecule has 1 saturated carbocycles. The van der Waals surface area contributed by atoms with Gasteiger partial charge in [-0.1, -0.05) is 36.8 Å². The first-order valence-corrected chi connectivity index (χ1v) is 9.33. The Balaban J connectivity index is 0.00000261. The number of hydrogen-bond acceptors (Lipinski definition) is 3. The van der Waals surface area contributed by atoms with Crippen molar-refractivity contribution in [3.8, 4) is 0 Å². The number of rotatable bonds is 5. The fraction of sp³-hybridized carbons (Fsp3) is 0.444. The molecule has 0 amide bonds. The maximum Gasteiger partial charge on any atom is 0.434 e. The summed E-state index contributed by atoms with van der Waals surface area (Å²) in [6.45, 7) is 0.946. The zero-order chi connectivity index (χ0) is 18.6. The van der Waals surface area contributed by atoms with Crippen LogP contribution in [0.3, 0.4) is 0 Å². The van der Waals surface area contributed by atoms with Crippen LogP contribution in [0.25, 0.3) is 0 Å². The van der Waals surface area contributed by atoms with Crippen molar-refractivity contribution < 1.29 is 13.2 Å². The number of nitrogens with zero attached hydrogens (tertiary/aromatic N) is 2. The molecule has 1 heterocycles. The molecule has 0 bridgehead atoms. The number of aromatic nitrogens is 1. The van der Waals surface area contributed by atoms with Crippen molar-refractivity contribution in [2.45, 2.75) is 37.4 Å². The lowest BCUT2D eigenvalue weighted by atomic mass is 9.64. The van der Waals surface area contributed by atoms with Gasteiger partial charge in [0.1, 0.15) is 5.01 Å². The van der Waals surface area contributed by atoms with Crippen LogP contribution in [0.2, 0.25) is 0 Å². The van der Waals surface area contributed by atoms with Crippen molar-refractivity contribution in [1.82, 2.24) is 15.6 Å². The third kappa shape index (κ3) is 5.34. The smallest absolute Gasteiger partial charge is 0.356 e. The van der Waals surface area contributed by atoms with Gasteiger partial charge in [0.15, 0.2) is 11.7 Å². The Hall–Kier alpha value is -1.36. The highest BCUT2D eigenvalue weighted by Gasteiger charge is 2.38. The number of aliphatic imine (C=N–C) groups is 1. The number of thiazole rings is 1. The first-order valence-electron chi connectivity index (χ1n) is 8.45. The molecular weight excluding hydrogens is 488 g/mol. The summed E-state index contributed by atoms with van der Waals surface area (Å²) in [6, 6.07) is 10.4. The molecule has 27 heavy (non-hydrogen) atoms. The van der Waals surface area contributed by atoms with E-state index in [1.165, 1.54) is 12.0 Å². The van der Waals surface area contributed by atoms with Gasteiger partial charge in [0.25, 0.3) is 0 Å². The number of guanidine groups is 1. The van der Waals surface area contributed by atoms with Crippen LogP contribution in [-0.4, -0.2) is 24.5 Å². The Labute approximate surface area is 177 Å². The molecular formula is C18H22F3IN4S. The maximum absolute atomic E-state index is 12.6. The van der Waals surface area contributed by atoms with Crippen LogP contribution in [0.4, 0.5) is 13.2 Å². The molecule has 148 valence electrons. The molecule has 0 radical (unpaired) electrons. The van der Waals surface area contributed by atoms with Crippen LogP contribution in [0.5, 0.6) is 0 Å². The van der Waals surface area contributed by atoms with E-state index in [4.69, 9.17) is 0 Å². The molecule has 0 unspecified atom stereocenters. The molecule has 0 spiro atoms. The summed E-state index contributed by atoms with van der Waals surface area (Å²) in [5.74, 6) is 0.566. The molecule has 1 aliphatic carbocycles. The first kappa shape index (κ1) is 21.9. The Bertz CT molecular complexity index is 757. The highest BCUT2D eigenvalue weighted by atomic mass is 127. The van der Waals surface area contributed by atoms with Crippen molar-refractivity contribution in [2.24, 2.45) is 4.99 Å². The Morgan fingerprint density at radius 2 is 1.93 bits per heavy atom. The van der Waals surface area contributed by atoms with Gasteiger partial charge in [-0.2, -0.15) is 13.2 Å². The minimum Gasteiger partial charge on any atom is -0.356 e. The fourth-order valence-electron chi connectivity index (χ4n) is 3.12. The van der Waals surface area contributed by atoms with E-state index in [1.807, 2.05) is 18.2 Å².